The van der Waals surface area contributed by atoms with E-state index in [1.54, 1.807) is 19.1 Å². The molecule has 0 fully saturated rings. The maximum Gasteiger partial charge on any atom is 0.287 e. The summed E-state index contributed by atoms with van der Waals surface area (Å²) in [5.74, 6) is -0.0167. The molecular formula is C101H91BFN6O2P4PdS. The molecule has 1 aliphatic heterocycles. The smallest absolute Gasteiger partial charge is 0.287 e. The van der Waals surface area contributed by atoms with E-state index in [0.717, 1.165) is 35.4 Å². The molecule has 8 nitrogen and oxygen atoms in total. The van der Waals surface area contributed by atoms with E-state index in [1.165, 1.54) is 81.1 Å². The number of H-pyrrole nitrogens is 1. The number of likely N-dealkylation sites (N-methyl/N-ethyl adjacent to an activating group) is 1. The third-order valence-electron chi connectivity index (χ3n) is 19.1. The molecular weight excluding hydrogens is 1620 g/mol. The van der Waals surface area contributed by atoms with Crippen LogP contribution in [0.15, 0.2) is 423 Å². The molecule has 17 aromatic rings. The second kappa shape index (κ2) is 44.3. The monoisotopic (exact) mass is 1710 g/mol. The minimum absolute atomic E-state index is 0. The first kappa shape index (κ1) is 86.8. The fourth-order valence-corrected chi connectivity index (χ4v) is 23.8. The number of hydrogen-bond donors (Lipinski definition) is 2. The Kier molecular flexibility index (Phi) is 32.9. The number of hydrogen-bond acceptors (Lipinski definition) is 7. The van der Waals surface area contributed by atoms with Gasteiger partial charge in [-0.05, 0) is 156 Å². The standard InChI is InChI=1S/C28H25FN6O2S.4C18H15P.CH4.B.Pd.H2/c1-16-19(7-8-21(29)20(16)13-24(36)26-11-17-5-3-4-6-25(17)38-26)22-14-23(28(37)32-31-22)30-27-12-18-15-34(2)9-10-35(18)33-27;4*1-4-10-16(11-5-1)19(17-12-6-2-7-13-17)18-14-8-3-9-15-18;;;;/h3-8,11-12,14H,9-10,13,15H2,1-2H3,(H,32,37)(H,30,31,33);4*1-15H;1H4;;;1H/i;;;;;;;;1+1. The van der Waals surface area contributed by atoms with Crippen LogP contribution in [0.4, 0.5) is 15.9 Å². The molecule has 0 bridgehead atoms. The van der Waals surface area contributed by atoms with Gasteiger partial charge < -0.3 is 5.32 Å². The van der Waals surface area contributed by atoms with Crippen molar-refractivity contribution in [1.82, 2.24) is 24.9 Å². The van der Waals surface area contributed by atoms with Gasteiger partial charge >= 0.3 is 0 Å². The molecule has 14 aromatic carbocycles. The molecule has 0 aliphatic carbocycles. The number of carbonyl (C=O) groups is 1. The number of fused-ring (bicyclic) bond motifs is 2. The SMILES string of the molecule is C.Cc1c(-c2cc(Nc3cc4n(n3)CCN(C)C4)c(=O)[nH]n2)ccc(F)c1CC(=O)c1cc2ccccc2s1.[2HH].[B].[Pd].c1ccc(P(c2ccccc2)c2ccccc2)cc1.c1ccc(P(c2ccccc2)c2ccccc2)cc1.c1ccc(P(c2ccccc2)c2ccccc2)cc1.c1ccc(P(c2ccccc2)c2ccccc2)cc1. The van der Waals surface area contributed by atoms with Gasteiger partial charge in [-0.15, -0.1) is 11.3 Å². The summed E-state index contributed by atoms with van der Waals surface area (Å²) in [5, 5.41) is 32.2. The second-order valence-corrected chi connectivity index (χ2v) is 36.9. The molecule has 117 heavy (non-hydrogen) atoms. The van der Waals surface area contributed by atoms with Crippen LogP contribution in [0.25, 0.3) is 21.3 Å². The van der Waals surface area contributed by atoms with Crippen molar-refractivity contribution in [2.45, 2.75) is 33.9 Å². The molecule has 3 radical (unpaired) electrons. The van der Waals surface area contributed by atoms with Crippen LogP contribution in [0, 0.1) is 12.7 Å². The molecule has 18 rings (SSSR count). The Balaban J connectivity index is 0.000000160. The second-order valence-electron chi connectivity index (χ2n) is 26.9. The first-order valence-electron chi connectivity index (χ1n) is 37.9. The van der Waals surface area contributed by atoms with Gasteiger partial charge in [-0.25, -0.2) is 9.49 Å². The van der Waals surface area contributed by atoms with E-state index in [-0.39, 0.29) is 55.6 Å². The number of nitrogens with zero attached hydrogens (tertiary/aromatic N) is 4. The molecule has 0 amide bonds. The molecule has 16 heteroatoms. The molecule has 0 saturated carbocycles. The first-order chi connectivity index (χ1) is 56.1. The fraction of sp³-hybridized carbons (Fsp3) is 0.0693. The zero-order valence-electron chi connectivity index (χ0n) is 64.2. The van der Waals surface area contributed by atoms with Crippen LogP contribution in [0.3, 0.4) is 0 Å². The fourth-order valence-electron chi connectivity index (χ4n) is 13.5. The van der Waals surface area contributed by atoms with Gasteiger partial charge in [-0.3, -0.25) is 19.2 Å². The summed E-state index contributed by atoms with van der Waals surface area (Å²) in [6, 6.07) is 145. The third kappa shape index (κ3) is 23.2. The molecule has 0 spiro atoms. The van der Waals surface area contributed by atoms with Crippen LogP contribution in [0.2, 0.25) is 0 Å². The van der Waals surface area contributed by atoms with Crippen molar-refractivity contribution in [3.63, 3.8) is 0 Å². The quantitative estimate of drug-likeness (QED) is 0.0505. The summed E-state index contributed by atoms with van der Waals surface area (Å²) in [6.07, 6.45) is -0.0680. The van der Waals surface area contributed by atoms with Crippen molar-refractivity contribution in [3.05, 3.63) is 456 Å². The number of halogens is 1. The Labute approximate surface area is 713 Å². The number of thiophene rings is 1. The predicted molar refractivity (Wildman–Crippen MR) is 502 cm³/mol. The van der Waals surface area contributed by atoms with E-state index in [9.17, 15) is 14.0 Å². The number of anilines is 2. The molecule has 3 aromatic heterocycles. The number of nitrogens with one attached hydrogen (secondary N) is 2. The Morgan fingerprint density at radius 3 is 1.06 bits per heavy atom. The summed E-state index contributed by atoms with van der Waals surface area (Å²) in [7, 11) is 0.270. The van der Waals surface area contributed by atoms with Crippen LogP contribution in [0.5, 0.6) is 0 Å². The Morgan fingerprint density at radius 2 is 0.744 bits per heavy atom. The summed E-state index contributed by atoms with van der Waals surface area (Å²) >= 11 is 1.41. The number of ketones is 1. The Bertz CT molecular complexity index is 5020. The zero-order valence-corrected chi connectivity index (χ0v) is 70.2. The molecule has 4 heterocycles. The predicted octanol–water partition coefficient (Wildman–Crippen LogP) is 19.2. The van der Waals surface area contributed by atoms with Crippen molar-refractivity contribution >= 4 is 142 Å². The van der Waals surface area contributed by atoms with E-state index in [0.29, 0.717) is 33.1 Å². The van der Waals surface area contributed by atoms with E-state index in [4.69, 9.17) is 0 Å². The van der Waals surface area contributed by atoms with Crippen LogP contribution in [-0.4, -0.2) is 52.7 Å². The normalized spacial score (nSPS) is 11.3. The number of carbonyl (C=O) groups excluding carboxylic acids is 1. The van der Waals surface area contributed by atoms with E-state index < -0.39 is 43.1 Å². The van der Waals surface area contributed by atoms with E-state index in [2.05, 4.69) is 397 Å². The first-order valence-corrected chi connectivity index (χ1v) is 44.1. The van der Waals surface area contributed by atoms with Gasteiger partial charge in [0.05, 0.1) is 22.8 Å². The van der Waals surface area contributed by atoms with Gasteiger partial charge in [0.2, 0.25) is 0 Å². The minimum Gasteiger partial charge on any atom is -0.334 e. The topological polar surface area (TPSA) is 95.9 Å². The molecule has 0 unspecified atom stereocenters. The number of aromatic nitrogens is 4. The summed E-state index contributed by atoms with van der Waals surface area (Å²) in [4.78, 5) is 28.5. The molecule has 2 N–H and O–H groups in total. The van der Waals surface area contributed by atoms with E-state index in [1.807, 2.05) is 41.1 Å². The van der Waals surface area contributed by atoms with Crippen molar-refractivity contribution in [1.29, 1.82) is 0 Å². The van der Waals surface area contributed by atoms with Gasteiger partial charge in [0, 0.05) is 66.1 Å². The van der Waals surface area contributed by atoms with Crippen molar-refractivity contribution < 1.29 is 31.0 Å². The van der Waals surface area contributed by atoms with Crippen LogP contribution in [0.1, 0.15) is 35.3 Å². The van der Waals surface area contributed by atoms with Gasteiger partial charge in [-0.1, -0.05) is 390 Å². The van der Waals surface area contributed by atoms with Crippen molar-refractivity contribution in [3.8, 4) is 11.3 Å². The summed E-state index contributed by atoms with van der Waals surface area (Å²) < 4.78 is 17.9. The molecule has 0 atom stereocenters. The number of aromatic amines is 1. The Hall–Kier alpha value is -11.1. The average Bonchev–Trinajstić information content (AvgIpc) is 1.36. The third-order valence-corrected chi connectivity index (χ3v) is 30.0. The van der Waals surface area contributed by atoms with Crippen molar-refractivity contribution in [2.24, 2.45) is 0 Å². The number of Topliss-reactive ketones (excluding diaryl/α,β-unsaturated/α-hetero) is 1. The van der Waals surface area contributed by atoms with Gasteiger partial charge in [0.1, 0.15) is 11.5 Å². The minimum atomic E-state index is -0.447. The largest absolute Gasteiger partial charge is 0.334 e. The van der Waals surface area contributed by atoms with E-state index >= 15 is 0 Å². The maximum atomic E-state index is 14.9. The maximum absolute atomic E-state index is 14.9. The van der Waals surface area contributed by atoms with Gasteiger partial charge in [0.25, 0.3) is 5.56 Å². The van der Waals surface area contributed by atoms with Gasteiger partial charge in [-0.2, -0.15) is 10.2 Å². The summed E-state index contributed by atoms with van der Waals surface area (Å²) in [6.45, 7) is 4.24. The molecule has 1 aliphatic rings. The zero-order chi connectivity index (χ0) is 78.1. The van der Waals surface area contributed by atoms with Crippen molar-refractivity contribution in [2.75, 3.05) is 18.9 Å². The van der Waals surface area contributed by atoms with Crippen LogP contribution < -0.4 is 74.5 Å². The number of benzene rings is 14. The molecule has 0 saturated heterocycles. The van der Waals surface area contributed by atoms with Gasteiger partial charge in [0.15, 0.2) is 11.6 Å². The molecule has 583 valence electrons. The average molecular weight is 1710 g/mol. The Morgan fingerprint density at radius 1 is 0.436 bits per heavy atom. The van der Waals surface area contributed by atoms with Crippen LogP contribution in [-0.2, 0) is 39.9 Å². The summed E-state index contributed by atoms with van der Waals surface area (Å²) in [5.41, 5.74) is 2.97. The number of rotatable bonds is 18. The van der Waals surface area contributed by atoms with Crippen LogP contribution >= 0.6 is 43.0 Å².